The van der Waals surface area contributed by atoms with Crippen molar-refractivity contribution < 1.29 is 4.79 Å². The van der Waals surface area contributed by atoms with Crippen LogP contribution in [-0.4, -0.2) is 22.3 Å². The van der Waals surface area contributed by atoms with Crippen LogP contribution in [0, 0.1) is 6.92 Å². The lowest BCUT2D eigenvalue weighted by Gasteiger charge is -2.36. The molecular formula is C18H20N2O. The number of hydrogen-bond acceptors (Lipinski definition) is 2. The Bertz CT molecular complexity index is 624. The van der Waals surface area contributed by atoms with Crippen LogP contribution in [0.2, 0.25) is 0 Å². The number of hydrogen-bond donors (Lipinski definition) is 0. The summed E-state index contributed by atoms with van der Waals surface area (Å²) >= 11 is 0. The highest BCUT2D eigenvalue weighted by atomic mass is 16.2. The number of rotatable bonds is 2. The average molecular weight is 280 g/mol. The number of benzene rings is 1. The molecule has 3 nitrogen and oxygen atoms in total. The van der Waals surface area contributed by atoms with Gasteiger partial charge in [-0.25, -0.2) is 0 Å². The van der Waals surface area contributed by atoms with Gasteiger partial charge in [-0.2, -0.15) is 0 Å². The third kappa shape index (κ3) is 2.82. The highest BCUT2D eigenvalue weighted by Gasteiger charge is 2.29. The van der Waals surface area contributed by atoms with Gasteiger partial charge >= 0.3 is 0 Å². The maximum Gasteiger partial charge on any atom is 0.254 e. The van der Waals surface area contributed by atoms with Crippen LogP contribution >= 0.6 is 0 Å². The summed E-state index contributed by atoms with van der Waals surface area (Å²) in [7, 11) is 0. The Morgan fingerprint density at radius 2 is 1.95 bits per heavy atom. The van der Waals surface area contributed by atoms with Gasteiger partial charge in [0.1, 0.15) is 0 Å². The quantitative estimate of drug-likeness (QED) is 0.839. The lowest BCUT2D eigenvalue weighted by atomic mass is 9.93. The average Bonchev–Trinajstić information content (AvgIpc) is 2.55. The van der Waals surface area contributed by atoms with Gasteiger partial charge in [-0.15, -0.1) is 0 Å². The molecule has 1 aliphatic rings. The fourth-order valence-corrected chi connectivity index (χ4v) is 3.09. The molecule has 1 atom stereocenters. The first-order valence-electron chi connectivity index (χ1n) is 7.55. The third-order valence-corrected chi connectivity index (χ3v) is 4.19. The van der Waals surface area contributed by atoms with Gasteiger partial charge < -0.3 is 4.90 Å². The first-order chi connectivity index (χ1) is 10.3. The van der Waals surface area contributed by atoms with Crippen molar-refractivity contribution in [2.75, 3.05) is 6.54 Å². The maximum absolute atomic E-state index is 12.8. The molecule has 108 valence electrons. The number of piperidine rings is 1. The Hall–Kier alpha value is -2.16. The van der Waals surface area contributed by atoms with Gasteiger partial charge in [0, 0.05) is 24.0 Å². The van der Waals surface area contributed by atoms with E-state index in [2.05, 4.69) is 11.1 Å². The summed E-state index contributed by atoms with van der Waals surface area (Å²) < 4.78 is 0. The number of aryl methyl sites for hydroxylation is 1. The SMILES string of the molecule is Cc1ncccc1C1CCCCN1C(=O)c1ccccc1. The normalized spacial score (nSPS) is 18.5. The molecule has 0 saturated carbocycles. The van der Waals surface area contributed by atoms with Gasteiger partial charge in [-0.3, -0.25) is 9.78 Å². The van der Waals surface area contributed by atoms with E-state index >= 15 is 0 Å². The maximum atomic E-state index is 12.8. The number of likely N-dealkylation sites (tertiary alicyclic amines) is 1. The second kappa shape index (κ2) is 6.08. The minimum Gasteiger partial charge on any atom is -0.332 e. The van der Waals surface area contributed by atoms with E-state index in [-0.39, 0.29) is 11.9 Å². The van der Waals surface area contributed by atoms with Crippen molar-refractivity contribution >= 4 is 5.91 Å². The molecule has 1 fully saturated rings. The minimum absolute atomic E-state index is 0.128. The third-order valence-electron chi connectivity index (χ3n) is 4.19. The number of carbonyl (C=O) groups excluding carboxylic acids is 1. The van der Waals surface area contributed by atoms with E-state index in [1.807, 2.05) is 54.4 Å². The zero-order valence-electron chi connectivity index (χ0n) is 12.3. The van der Waals surface area contributed by atoms with Crippen LogP contribution in [-0.2, 0) is 0 Å². The Morgan fingerprint density at radius 1 is 1.14 bits per heavy atom. The lowest BCUT2D eigenvalue weighted by molar-refractivity contribution is 0.0610. The Kier molecular flexibility index (Phi) is 4.00. The Balaban J connectivity index is 1.92. The van der Waals surface area contributed by atoms with Crippen molar-refractivity contribution in [1.29, 1.82) is 0 Å². The van der Waals surface area contributed by atoms with Crippen molar-refractivity contribution in [1.82, 2.24) is 9.88 Å². The molecule has 1 unspecified atom stereocenters. The van der Waals surface area contributed by atoms with E-state index < -0.39 is 0 Å². The van der Waals surface area contributed by atoms with Crippen LogP contribution in [0.4, 0.5) is 0 Å². The van der Waals surface area contributed by atoms with Crippen molar-refractivity contribution in [2.45, 2.75) is 32.2 Å². The first kappa shape index (κ1) is 13.8. The monoisotopic (exact) mass is 280 g/mol. The molecule has 1 saturated heterocycles. The predicted octanol–water partition coefficient (Wildman–Crippen LogP) is 3.76. The fourth-order valence-electron chi connectivity index (χ4n) is 3.09. The molecule has 3 heteroatoms. The summed E-state index contributed by atoms with van der Waals surface area (Å²) in [4.78, 5) is 19.2. The molecular weight excluding hydrogens is 260 g/mol. The van der Waals surface area contributed by atoms with E-state index in [0.717, 1.165) is 37.1 Å². The standard InChI is InChI=1S/C18H20N2O/c1-14-16(10-7-12-19-14)17-11-5-6-13-20(17)18(21)15-8-3-2-4-9-15/h2-4,7-10,12,17H,5-6,11,13H2,1H3. The molecule has 0 aliphatic carbocycles. The summed E-state index contributed by atoms with van der Waals surface area (Å²) in [5.41, 5.74) is 2.97. The summed E-state index contributed by atoms with van der Waals surface area (Å²) in [5.74, 6) is 0.128. The van der Waals surface area contributed by atoms with E-state index in [4.69, 9.17) is 0 Å². The minimum atomic E-state index is 0.128. The molecule has 1 amide bonds. The smallest absolute Gasteiger partial charge is 0.254 e. The molecule has 0 spiro atoms. The molecule has 1 aromatic heterocycles. The molecule has 0 radical (unpaired) electrons. The number of carbonyl (C=O) groups is 1. The second-order valence-electron chi connectivity index (χ2n) is 5.55. The van der Waals surface area contributed by atoms with E-state index in [1.54, 1.807) is 0 Å². The van der Waals surface area contributed by atoms with Crippen molar-refractivity contribution in [3.63, 3.8) is 0 Å². The van der Waals surface area contributed by atoms with Gasteiger partial charge in [0.2, 0.25) is 0 Å². The van der Waals surface area contributed by atoms with E-state index in [9.17, 15) is 4.79 Å². The summed E-state index contributed by atoms with van der Waals surface area (Å²) in [6, 6.07) is 13.8. The highest BCUT2D eigenvalue weighted by molar-refractivity contribution is 5.94. The summed E-state index contributed by atoms with van der Waals surface area (Å²) in [5, 5.41) is 0. The van der Waals surface area contributed by atoms with Crippen LogP contribution in [0.3, 0.4) is 0 Å². The zero-order valence-corrected chi connectivity index (χ0v) is 12.3. The van der Waals surface area contributed by atoms with Crippen LogP contribution < -0.4 is 0 Å². The highest BCUT2D eigenvalue weighted by Crippen LogP contribution is 2.33. The fraction of sp³-hybridized carbons (Fsp3) is 0.333. The molecule has 3 rings (SSSR count). The molecule has 0 bridgehead atoms. The number of nitrogens with zero attached hydrogens (tertiary/aromatic N) is 2. The Morgan fingerprint density at radius 3 is 2.71 bits per heavy atom. The molecule has 2 aromatic rings. The molecule has 1 aliphatic heterocycles. The van der Waals surface area contributed by atoms with Gasteiger partial charge in [0.05, 0.1) is 6.04 Å². The van der Waals surface area contributed by atoms with Gasteiger partial charge in [0.15, 0.2) is 0 Å². The Labute approximate surface area is 125 Å². The van der Waals surface area contributed by atoms with Crippen molar-refractivity contribution in [3.05, 3.63) is 65.5 Å². The van der Waals surface area contributed by atoms with Crippen molar-refractivity contribution in [3.8, 4) is 0 Å². The van der Waals surface area contributed by atoms with Gasteiger partial charge in [-0.05, 0) is 49.9 Å². The van der Waals surface area contributed by atoms with Crippen molar-refractivity contribution in [2.24, 2.45) is 0 Å². The number of aromatic nitrogens is 1. The summed E-state index contributed by atoms with van der Waals surface area (Å²) in [6.45, 7) is 2.85. The van der Waals surface area contributed by atoms with Crippen LogP contribution in [0.1, 0.15) is 46.9 Å². The van der Waals surface area contributed by atoms with E-state index in [0.29, 0.717) is 0 Å². The first-order valence-corrected chi connectivity index (χ1v) is 7.55. The topological polar surface area (TPSA) is 33.2 Å². The molecule has 1 aromatic carbocycles. The summed E-state index contributed by atoms with van der Waals surface area (Å²) in [6.07, 6.45) is 5.07. The predicted molar refractivity (Wildman–Crippen MR) is 83.0 cm³/mol. The lowest BCUT2D eigenvalue weighted by Crippen LogP contribution is -2.38. The molecule has 2 heterocycles. The van der Waals surface area contributed by atoms with Crippen LogP contribution in [0.25, 0.3) is 0 Å². The zero-order chi connectivity index (χ0) is 14.7. The van der Waals surface area contributed by atoms with Crippen LogP contribution in [0.15, 0.2) is 48.7 Å². The number of amides is 1. The largest absolute Gasteiger partial charge is 0.332 e. The van der Waals surface area contributed by atoms with Gasteiger partial charge in [-0.1, -0.05) is 24.3 Å². The molecule has 0 N–H and O–H groups in total. The second-order valence-corrected chi connectivity index (χ2v) is 5.55. The van der Waals surface area contributed by atoms with Crippen LogP contribution in [0.5, 0.6) is 0 Å². The number of pyridine rings is 1. The van der Waals surface area contributed by atoms with E-state index in [1.165, 1.54) is 5.56 Å². The van der Waals surface area contributed by atoms with Gasteiger partial charge in [0.25, 0.3) is 5.91 Å². The molecule has 21 heavy (non-hydrogen) atoms.